The number of aromatic nitrogens is 2. The molecule has 1 saturated heterocycles. The van der Waals surface area contributed by atoms with E-state index >= 15 is 0 Å². The van der Waals surface area contributed by atoms with Crippen LogP contribution >= 0.6 is 0 Å². The summed E-state index contributed by atoms with van der Waals surface area (Å²) in [5, 5.41) is 11.5. The lowest BCUT2D eigenvalue weighted by Crippen LogP contribution is -2.35. The van der Waals surface area contributed by atoms with E-state index in [1.807, 2.05) is 49.4 Å². The fraction of sp³-hybridized carbons (Fsp3) is 0.290. The maximum absolute atomic E-state index is 11.3. The molecule has 0 bridgehead atoms. The molecule has 1 saturated carbocycles. The summed E-state index contributed by atoms with van der Waals surface area (Å²) < 4.78 is 5.40. The molecule has 6 heteroatoms. The van der Waals surface area contributed by atoms with Crippen LogP contribution in [-0.4, -0.2) is 47.3 Å². The summed E-state index contributed by atoms with van der Waals surface area (Å²) in [5.41, 5.74) is 6.69. The Bertz CT molecular complexity index is 1330. The number of aryl methyl sites for hydroxylation is 1. The zero-order valence-corrected chi connectivity index (χ0v) is 21.3. The van der Waals surface area contributed by atoms with Crippen LogP contribution in [0.4, 0.5) is 5.69 Å². The molecular formula is C31H34N4O2. The topological polar surface area (TPSA) is 70.2 Å². The summed E-state index contributed by atoms with van der Waals surface area (Å²) in [5.74, 6) is 0.449. The number of carbonyl (C=O) groups is 1. The molecule has 2 aliphatic rings. The summed E-state index contributed by atoms with van der Waals surface area (Å²) in [6.45, 7) is 6.77. The summed E-state index contributed by atoms with van der Waals surface area (Å²) >= 11 is 0. The van der Waals surface area contributed by atoms with E-state index in [9.17, 15) is 4.79 Å². The van der Waals surface area contributed by atoms with Crippen molar-refractivity contribution in [3.05, 3.63) is 95.2 Å². The number of H-pyrrole nitrogens is 1. The lowest BCUT2D eigenvalue weighted by atomic mass is 10.1. The molecule has 190 valence electrons. The molecule has 2 fully saturated rings. The van der Waals surface area contributed by atoms with Crippen LogP contribution in [0.1, 0.15) is 35.2 Å². The third kappa shape index (κ3) is 7.15. The second kappa shape index (κ2) is 12.0. The lowest BCUT2D eigenvalue weighted by molar-refractivity contribution is -0.117. The van der Waals surface area contributed by atoms with Gasteiger partial charge in [-0.1, -0.05) is 66.2 Å². The van der Waals surface area contributed by atoms with Gasteiger partial charge < -0.3 is 10.1 Å². The number of hydrogen-bond acceptors (Lipinski definition) is 4. The number of rotatable bonds is 6. The van der Waals surface area contributed by atoms with E-state index in [4.69, 9.17) is 4.74 Å². The van der Waals surface area contributed by atoms with Gasteiger partial charge in [0.1, 0.15) is 0 Å². The number of carbonyl (C=O) groups excluding carboxylic acids is 1. The fourth-order valence-corrected chi connectivity index (χ4v) is 4.27. The zero-order valence-electron chi connectivity index (χ0n) is 21.3. The first kappa shape index (κ1) is 24.9. The highest BCUT2D eigenvalue weighted by Gasteiger charge is 2.29. The van der Waals surface area contributed by atoms with Gasteiger partial charge in [-0.25, -0.2) is 0 Å². The third-order valence-corrected chi connectivity index (χ3v) is 6.69. The largest absolute Gasteiger partial charge is 0.379 e. The Morgan fingerprint density at radius 1 is 1.00 bits per heavy atom. The van der Waals surface area contributed by atoms with Crippen LogP contribution in [0.25, 0.3) is 23.1 Å². The first-order valence-electron chi connectivity index (χ1n) is 13.0. The van der Waals surface area contributed by atoms with Crippen LogP contribution in [-0.2, 0) is 16.1 Å². The summed E-state index contributed by atoms with van der Waals surface area (Å²) in [7, 11) is 0. The van der Waals surface area contributed by atoms with Crippen molar-refractivity contribution in [3.63, 3.8) is 0 Å². The molecule has 0 atom stereocenters. The van der Waals surface area contributed by atoms with E-state index < -0.39 is 0 Å². The van der Waals surface area contributed by atoms with Gasteiger partial charge in [-0.15, -0.1) is 0 Å². The molecule has 2 N–H and O–H groups in total. The Kier molecular flexibility index (Phi) is 8.08. The van der Waals surface area contributed by atoms with Crippen LogP contribution in [0.3, 0.4) is 0 Å². The number of nitrogens with zero attached hydrogens (tertiary/aromatic N) is 2. The van der Waals surface area contributed by atoms with Crippen molar-refractivity contribution in [2.24, 2.45) is 5.92 Å². The van der Waals surface area contributed by atoms with Crippen LogP contribution in [0.5, 0.6) is 0 Å². The van der Waals surface area contributed by atoms with Crippen molar-refractivity contribution in [2.45, 2.75) is 26.3 Å². The molecule has 4 aromatic rings. The van der Waals surface area contributed by atoms with E-state index in [0.717, 1.165) is 68.0 Å². The van der Waals surface area contributed by atoms with Gasteiger partial charge in [-0.2, -0.15) is 5.10 Å². The number of nitrogens with one attached hydrogen (secondary N) is 2. The Balaban J connectivity index is 0.000000182. The second-order valence-corrected chi connectivity index (χ2v) is 9.75. The summed E-state index contributed by atoms with van der Waals surface area (Å²) in [4.78, 5) is 13.8. The first-order valence-corrected chi connectivity index (χ1v) is 13.0. The summed E-state index contributed by atoms with van der Waals surface area (Å²) in [6.07, 6.45) is 6.28. The number of anilines is 1. The maximum Gasteiger partial charge on any atom is 0.227 e. The zero-order chi connectivity index (χ0) is 25.5. The number of morpholine rings is 1. The average Bonchev–Trinajstić information content (AvgIpc) is 3.71. The van der Waals surface area contributed by atoms with E-state index in [2.05, 4.69) is 62.9 Å². The molecule has 1 amide bonds. The quantitative estimate of drug-likeness (QED) is 0.350. The SMILES string of the molecule is C(=C\c1n[nH]c2ccccc12)/c1ccc(CN2CCOCC2)cc1.Cc1ccc(NC(=O)C2CC2)cc1. The van der Waals surface area contributed by atoms with Crippen molar-refractivity contribution in [3.8, 4) is 0 Å². The Labute approximate surface area is 218 Å². The molecule has 37 heavy (non-hydrogen) atoms. The van der Waals surface area contributed by atoms with Crippen molar-refractivity contribution in [1.82, 2.24) is 15.1 Å². The van der Waals surface area contributed by atoms with Gasteiger partial charge in [-0.3, -0.25) is 14.8 Å². The Morgan fingerprint density at radius 3 is 2.46 bits per heavy atom. The van der Waals surface area contributed by atoms with E-state index in [-0.39, 0.29) is 11.8 Å². The monoisotopic (exact) mass is 494 g/mol. The predicted molar refractivity (Wildman–Crippen MR) is 150 cm³/mol. The Hall–Kier alpha value is -3.74. The van der Waals surface area contributed by atoms with E-state index in [0.29, 0.717) is 0 Å². The summed E-state index contributed by atoms with van der Waals surface area (Å²) in [6, 6.07) is 24.8. The molecule has 3 aromatic carbocycles. The highest BCUT2D eigenvalue weighted by Crippen LogP contribution is 2.30. The standard InChI is InChI=1S/C20H21N3O.C11H13NO/c1-2-4-19-18(3-1)20(22-21-19)10-9-16-5-7-17(8-6-16)15-23-11-13-24-14-12-23;1-8-2-6-10(7-3-8)12-11(13)9-4-5-9/h1-10H,11-15H2,(H,21,22);2-3,6-7,9H,4-5H2,1H3,(H,12,13)/b10-9+;. The van der Waals surface area contributed by atoms with Gasteiger partial charge in [0.05, 0.1) is 24.4 Å². The van der Waals surface area contributed by atoms with E-state index in [1.54, 1.807) is 0 Å². The van der Waals surface area contributed by atoms with Crippen molar-refractivity contribution < 1.29 is 9.53 Å². The number of aromatic amines is 1. The molecule has 0 unspecified atom stereocenters. The molecule has 1 aromatic heterocycles. The highest BCUT2D eigenvalue weighted by molar-refractivity contribution is 5.94. The van der Waals surface area contributed by atoms with Crippen LogP contribution < -0.4 is 5.32 Å². The van der Waals surface area contributed by atoms with Crippen molar-refractivity contribution >= 4 is 34.6 Å². The van der Waals surface area contributed by atoms with Crippen LogP contribution in [0.15, 0.2) is 72.8 Å². The number of benzene rings is 3. The van der Waals surface area contributed by atoms with Gasteiger partial charge in [0.15, 0.2) is 0 Å². The molecule has 6 rings (SSSR count). The molecule has 1 aliphatic carbocycles. The van der Waals surface area contributed by atoms with Crippen LogP contribution in [0.2, 0.25) is 0 Å². The molecule has 0 radical (unpaired) electrons. The van der Waals surface area contributed by atoms with Crippen molar-refractivity contribution in [2.75, 3.05) is 31.6 Å². The molecule has 0 spiro atoms. The number of para-hydroxylation sites is 1. The molecule has 1 aliphatic heterocycles. The average molecular weight is 495 g/mol. The normalized spacial score (nSPS) is 15.9. The molecule has 6 nitrogen and oxygen atoms in total. The smallest absolute Gasteiger partial charge is 0.227 e. The minimum absolute atomic E-state index is 0.170. The van der Waals surface area contributed by atoms with Crippen LogP contribution in [0, 0.1) is 12.8 Å². The lowest BCUT2D eigenvalue weighted by Gasteiger charge is -2.26. The Morgan fingerprint density at radius 2 is 1.73 bits per heavy atom. The highest BCUT2D eigenvalue weighted by atomic mass is 16.5. The molecular weight excluding hydrogens is 460 g/mol. The third-order valence-electron chi connectivity index (χ3n) is 6.69. The fourth-order valence-electron chi connectivity index (χ4n) is 4.27. The second-order valence-electron chi connectivity index (χ2n) is 9.75. The number of fused-ring (bicyclic) bond motifs is 1. The van der Waals surface area contributed by atoms with Gasteiger partial charge in [0, 0.05) is 36.6 Å². The minimum Gasteiger partial charge on any atom is -0.379 e. The van der Waals surface area contributed by atoms with E-state index in [1.165, 1.54) is 16.7 Å². The number of hydrogen-bond donors (Lipinski definition) is 2. The maximum atomic E-state index is 11.3. The number of amides is 1. The predicted octanol–water partition coefficient (Wildman–Crippen LogP) is 5.91. The van der Waals surface area contributed by atoms with Gasteiger partial charge in [-0.05, 0) is 55.2 Å². The minimum atomic E-state index is 0.170. The van der Waals surface area contributed by atoms with Gasteiger partial charge in [0.25, 0.3) is 0 Å². The van der Waals surface area contributed by atoms with Gasteiger partial charge in [0.2, 0.25) is 5.91 Å². The van der Waals surface area contributed by atoms with Gasteiger partial charge >= 0.3 is 0 Å². The molecule has 2 heterocycles. The first-order chi connectivity index (χ1) is 18.1. The number of ether oxygens (including phenoxy) is 1. The van der Waals surface area contributed by atoms with Crippen molar-refractivity contribution in [1.29, 1.82) is 0 Å².